The van der Waals surface area contributed by atoms with Gasteiger partial charge in [-0.3, -0.25) is 14.8 Å². The lowest BCUT2D eigenvalue weighted by Crippen LogP contribution is -2.24. The highest BCUT2D eigenvalue weighted by Gasteiger charge is 2.10. The van der Waals surface area contributed by atoms with Gasteiger partial charge in [-0.15, -0.1) is 0 Å². The quantitative estimate of drug-likeness (QED) is 0.855. The Kier molecular flexibility index (Phi) is 5.26. The summed E-state index contributed by atoms with van der Waals surface area (Å²) in [6.07, 6.45) is 6.07. The van der Waals surface area contributed by atoms with Crippen molar-refractivity contribution in [3.8, 4) is 0 Å². The molecule has 5 heteroatoms. The smallest absolute Gasteiger partial charge is 0.253 e. The molecule has 0 saturated heterocycles. The van der Waals surface area contributed by atoms with Crippen molar-refractivity contribution >= 4 is 11.6 Å². The van der Waals surface area contributed by atoms with Crippen LogP contribution in [0.2, 0.25) is 0 Å². The summed E-state index contributed by atoms with van der Waals surface area (Å²) in [6, 6.07) is 5.62. The van der Waals surface area contributed by atoms with Gasteiger partial charge in [-0.05, 0) is 31.0 Å². The van der Waals surface area contributed by atoms with E-state index in [9.17, 15) is 4.79 Å². The predicted molar refractivity (Wildman–Crippen MR) is 83.2 cm³/mol. The first-order valence-corrected chi connectivity index (χ1v) is 7.08. The lowest BCUT2D eigenvalue weighted by atomic mass is 10.2. The van der Waals surface area contributed by atoms with Crippen molar-refractivity contribution in [3.63, 3.8) is 0 Å². The molecule has 0 spiro atoms. The van der Waals surface area contributed by atoms with E-state index < -0.39 is 0 Å². The number of rotatable bonds is 6. The van der Waals surface area contributed by atoms with Gasteiger partial charge in [0.15, 0.2) is 0 Å². The number of anilines is 1. The van der Waals surface area contributed by atoms with Crippen molar-refractivity contribution in [2.24, 2.45) is 0 Å². The molecule has 5 nitrogen and oxygen atoms in total. The van der Waals surface area contributed by atoms with Gasteiger partial charge in [-0.25, -0.2) is 0 Å². The molecule has 0 fully saturated rings. The first-order valence-electron chi connectivity index (χ1n) is 7.08. The Morgan fingerprint density at radius 2 is 2.10 bits per heavy atom. The van der Waals surface area contributed by atoms with E-state index >= 15 is 0 Å². The molecule has 2 aromatic rings. The van der Waals surface area contributed by atoms with Gasteiger partial charge in [0, 0.05) is 31.2 Å². The third-order valence-corrected chi connectivity index (χ3v) is 3.06. The number of carbonyl (C=O) groups is 1. The third kappa shape index (κ3) is 4.27. The van der Waals surface area contributed by atoms with Crippen LogP contribution in [0.15, 0.2) is 36.8 Å². The second-order valence-electron chi connectivity index (χ2n) is 4.84. The summed E-state index contributed by atoms with van der Waals surface area (Å²) in [5.41, 5.74) is 3.31. The van der Waals surface area contributed by atoms with E-state index in [0.29, 0.717) is 12.1 Å². The fourth-order valence-electron chi connectivity index (χ4n) is 1.87. The average Bonchev–Trinajstić information content (AvgIpc) is 2.52. The number of nitrogens with zero attached hydrogens (tertiary/aromatic N) is 2. The zero-order chi connectivity index (χ0) is 15.1. The van der Waals surface area contributed by atoms with Crippen molar-refractivity contribution in [3.05, 3.63) is 53.6 Å². The van der Waals surface area contributed by atoms with E-state index in [2.05, 4.69) is 27.5 Å². The van der Waals surface area contributed by atoms with Crippen LogP contribution in [0.1, 0.15) is 35.0 Å². The van der Waals surface area contributed by atoms with Crippen LogP contribution in [-0.2, 0) is 6.54 Å². The molecule has 0 aliphatic carbocycles. The molecule has 2 N–H and O–H groups in total. The first kappa shape index (κ1) is 15.0. The third-order valence-electron chi connectivity index (χ3n) is 3.06. The Labute approximate surface area is 124 Å². The van der Waals surface area contributed by atoms with E-state index in [1.165, 1.54) is 0 Å². The number of amides is 1. The summed E-state index contributed by atoms with van der Waals surface area (Å²) in [5.74, 6) is -0.114. The van der Waals surface area contributed by atoms with Gasteiger partial charge in [0.2, 0.25) is 0 Å². The van der Waals surface area contributed by atoms with Crippen molar-refractivity contribution in [2.45, 2.75) is 26.8 Å². The van der Waals surface area contributed by atoms with Crippen LogP contribution < -0.4 is 10.6 Å². The monoisotopic (exact) mass is 284 g/mol. The number of pyridine rings is 2. The molecule has 0 atom stereocenters. The summed E-state index contributed by atoms with van der Waals surface area (Å²) >= 11 is 0. The minimum absolute atomic E-state index is 0.114. The van der Waals surface area contributed by atoms with Gasteiger partial charge in [0.1, 0.15) is 0 Å². The maximum absolute atomic E-state index is 12.3. The lowest BCUT2D eigenvalue weighted by molar-refractivity contribution is 0.0951. The highest BCUT2D eigenvalue weighted by atomic mass is 16.1. The molecule has 21 heavy (non-hydrogen) atoms. The normalized spacial score (nSPS) is 10.2. The number of aryl methyl sites for hydroxylation is 1. The predicted octanol–water partition coefficient (Wildman–Crippen LogP) is 2.54. The average molecular weight is 284 g/mol. The Bertz CT molecular complexity index is 595. The largest absolute Gasteiger partial charge is 0.383 e. The van der Waals surface area contributed by atoms with Crippen LogP contribution in [0.5, 0.6) is 0 Å². The Balaban J connectivity index is 2.01. The van der Waals surface area contributed by atoms with Crippen LogP contribution in [0, 0.1) is 6.92 Å². The second-order valence-corrected chi connectivity index (χ2v) is 4.84. The van der Waals surface area contributed by atoms with Gasteiger partial charge in [-0.2, -0.15) is 0 Å². The van der Waals surface area contributed by atoms with E-state index in [4.69, 9.17) is 0 Å². The number of aromatic nitrogens is 2. The van der Waals surface area contributed by atoms with Gasteiger partial charge < -0.3 is 10.6 Å². The molecular formula is C16H20N4O. The molecule has 110 valence electrons. The molecule has 2 rings (SSSR count). The second kappa shape index (κ2) is 7.38. The first-order chi connectivity index (χ1) is 10.2. The fraction of sp³-hybridized carbons (Fsp3) is 0.312. The SMILES string of the molecule is CCCNc1cnccc1C(=O)NCc1ccc(C)nc1. The standard InChI is InChI=1S/C16H20N4O/c1-3-7-18-15-11-17-8-6-14(15)16(21)20-10-13-5-4-12(2)19-9-13/h4-6,8-9,11,18H,3,7,10H2,1-2H3,(H,20,21). The number of carbonyl (C=O) groups excluding carboxylic acids is 1. The van der Waals surface area contributed by atoms with Gasteiger partial charge in [-0.1, -0.05) is 13.0 Å². The van der Waals surface area contributed by atoms with Crippen LogP contribution in [0.3, 0.4) is 0 Å². The van der Waals surface area contributed by atoms with Crippen LogP contribution >= 0.6 is 0 Å². The maximum atomic E-state index is 12.3. The molecule has 0 bridgehead atoms. The molecule has 1 amide bonds. The molecule has 2 heterocycles. The van der Waals surface area contributed by atoms with E-state index in [1.54, 1.807) is 24.7 Å². The summed E-state index contributed by atoms with van der Waals surface area (Å²) in [7, 11) is 0. The number of nitrogens with one attached hydrogen (secondary N) is 2. The van der Waals surface area contributed by atoms with Crippen molar-refractivity contribution in [1.82, 2.24) is 15.3 Å². The van der Waals surface area contributed by atoms with E-state index in [-0.39, 0.29) is 5.91 Å². The number of hydrogen-bond acceptors (Lipinski definition) is 4. The molecule has 0 radical (unpaired) electrons. The summed E-state index contributed by atoms with van der Waals surface area (Å²) < 4.78 is 0. The van der Waals surface area contributed by atoms with Gasteiger partial charge >= 0.3 is 0 Å². The molecule has 0 unspecified atom stereocenters. The minimum atomic E-state index is -0.114. The van der Waals surface area contributed by atoms with Crippen molar-refractivity contribution in [2.75, 3.05) is 11.9 Å². The molecule has 0 aliphatic heterocycles. The highest BCUT2D eigenvalue weighted by Crippen LogP contribution is 2.13. The maximum Gasteiger partial charge on any atom is 0.253 e. The Morgan fingerprint density at radius 1 is 1.24 bits per heavy atom. The lowest BCUT2D eigenvalue weighted by Gasteiger charge is -2.11. The van der Waals surface area contributed by atoms with Gasteiger partial charge in [0.25, 0.3) is 5.91 Å². The van der Waals surface area contributed by atoms with E-state index in [0.717, 1.165) is 29.9 Å². The minimum Gasteiger partial charge on any atom is -0.383 e. The fourth-order valence-corrected chi connectivity index (χ4v) is 1.87. The molecule has 2 aromatic heterocycles. The Morgan fingerprint density at radius 3 is 2.81 bits per heavy atom. The zero-order valence-electron chi connectivity index (χ0n) is 12.4. The topological polar surface area (TPSA) is 66.9 Å². The molecular weight excluding hydrogens is 264 g/mol. The summed E-state index contributed by atoms with van der Waals surface area (Å²) in [5, 5.41) is 6.12. The zero-order valence-corrected chi connectivity index (χ0v) is 12.4. The number of hydrogen-bond donors (Lipinski definition) is 2. The summed E-state index contributed by atoms with van der Waals surface area (Å²) in [4.78, 5) is 20.5. The molecule has 0 aromatic carbocycles. The van der Waals surface area contributed by atoms with Crippen molar-refractivity contribution < 1.29 is 4.79 Å². The van der Waals surface area contributed by atoms with Crippen LogP contribution in [-0.4, -0.2) is 22.4 Å². The molecule has 0 aliphatic rings. The Hall–Kier alpha value is -2.43. The van der Waals surface area contributed by atoms with Crippen molar-refractivity contribution in [1.29, 1.82) is 0 Å². The van der Waals surface area contributed by atoms with E-state index in [1.807, 2.05) is 19.1 Å². The van der Waals surface area contributed by atoms with Gasteiger partial charge in [0.05, 0.1) is 17.4 Å². The molecule has 0 saturated carbocycles. The van der Waals surface area contributed by atoms with Crippen LogP contribution in [0.4, 0.5) is 5.69 Å². The summed E-state index contributed by atoms with van der Waals surface area (Å²) in [6.45, 7) is 5.29. The highest BCUT2D eigenvalue weighted by molar-refractivity contribution is 5.99. The van der Waals surface area contributed by atoms with Crippen LogP contribution in [0.25, 0.3) is 0 Å².